The smallest absolute Gasteiger partial charge is 0.243 e. The molecule has 1 aliphatic rings. The molecule has 0 unspecified atom stereocenters. The minimum absolute atomic E-state index is 0.119. The van der Waals surface area contributed by atoms with Crippen molar-refractivity contribution in [3.05, 3.63) is 65.2 Å². The van der Waals surface area contributed by atoms with Crippen molar-refractivity contribution in [1.82, 2.24) is 21.3 Å². The van der Waals surface area contributed by atoms with Gasteiger partial charge in [-0.25, -0.2) is 0 Å². The summed E-state index contributed by atoms with van der Waals surface area (Å²) in [6.45, 7) is 6.48. The Morgan fingerprint density at radius 2 is 1.73 bits per heavy atom. The fourth-order valence-electron chi connectivity index (χ4n) is 4.75. The van der Waals surface area contributed by atoms with Crippen LogP contribution in [0.25, 0.3) is 0 Å². The van der Waals surface area contributed by atoms with E-state index in [1.165, 1.54) is 0 Å². The molecular weight excluding hydrogens is 522 g/mol. The van der Waals surface area contributed by atoms with E-state index in [9.17, 15) is 24.3 Å². The number of hydrogen-bond donors (Lipinski definition) is 6. The molecule has 3 atom stereocenters. The van der Waals surface area contributed by atoms with E-state index < -0.39 is 35.8 Å². The average Bonchev–Trinajstić information content (AvgIpc) is 2.92. The standard InChI is InChI=1S/C31H43N5O5/c1-31(2,3)22-17-21(12-13-26(22)37)19-25-29(40)34-16-14-27(38)33-15-8-7-11-24(30(41)36-25)35-28(39)23(32)18-20-9-5-4-6-10-20/h4-6,9-10,12-13,17,23-25,37H,7-8,11,14-16,18-19,32H2,1-3H3,(H,33,38)(H,34,40)(H,35,39)(H,36,41)/t23-,24+,25+/m1/s1. The Hall–Kier alpha value is -3.92. The van der Waals surface area contributed by atoms with Gasteiger partial charge in [0.1, 0.15) is 17.8 Å². The minimum Gasteiger partial charge on any atom is -0.508 e. The summed E-state index contributed by atoms with van der Waals surface area (Å²) in [5, 5.41) is 21.5. The second-order valence-electron chi connectivity index (χ2n) is 11.6. The van der Waals surface area contributed by atoms with Crippen molar-refractivity contribution in [1.29, 1.82) is 0 Å². The van der Waals surface area contributed by atoms with Gasteiger partial charge < -0.3 is 32.1 Å². The van der Waals surface area contributed by atoms with E-state index in [2.05, 4.69) is 21.3 Å². The molecule has 7 N–H and O–H groups in total. The van der Waals surface area contributed by atoms with Crippen molar-refractivity contribution in [2.24, 2.45) is 5.73 Å². The fourth-order valence-corrected chi connectivity index (χ4v) is 4.75. The third kappa shape index (κ3) is 9.89. The number of carbonyl (C=O) groups excluding carboxylic acids is 4. The largest absolute Gasteiger partial charge is 0.508 e. The number of carbonyl (C=O) groups is 4. The van der Waals surface area contributed by atoms with Crippen LogP contribution in [0.3, 0.4) is 0 Å². The monoisotopic (exact) mass is 565 g/mol. The van der Waals surface area contributed by atoms with E-state index in [-0.39, 0.29) is 36.5 Å². The number of hydrogen-bond acceptors (Lipinski definition) is 6. The first-order valence-corrected chi connectivity index (χ1v) is 14.2. The highest BCUT2D eigenvalue weighted by Crippen LogP contribution is 2.31. The Balaban J connectivity index is 1.81. The molecule has 0 radical (unpaired) electrons. The van der Waals surface area contributed by atoms with Gasteiger partial charge >= 0.3 is 0 Å². The molecule has 0 saturated carbocycles. The van der Waals surface area contributed by atoms with Crippen LogP contribution in [-0.4, -0.2) is 60.0 Å². The summed E-state index contributed by atoms with van der Waals surface area (Å²) in [6, 6.07) is 11.8. The molecule has 2 aromatic rings. The van der Waals surface area contributed by atoms with Crippen molar-refractivity contribution < 1.29 is 24.3 Å². The van der Waals surface area contributed by atoms with Crippen LogP contribution >= 0.6 is 0 Å². The average molecular weight is 566 g/mol. The lowest BCUT2D eigenvalue weighted by molar-refractivity contribution is -0.132. The van der Waals surface area contributed by atoms with Gasteiger partial charge in [-0.15, -0.1) is 0 Å². The summed E-state index contributed by atoms with van der Waals surface area (Å²) in [5.41, 5.74) is 8.21. The van der Waals surface area contributed by atoms with Crippen LogP contribution in [0.1, 0.15) is 63.1 Å². The van der Waals surface area contributed by atoms with Crippen LogP contribution in [0.2, 0.25) is 0 Å². The van der Waals surface area contributed by atoms with E-state index in [1.807, 2.05) is 57.2 Å². The molecule has 1 fully saturated rings. The summed E-state index contributed by atoms with van der Waals surface area (Å²) >= 11 is 0. The predicted molar refractivity (Wildman–Crippen MR) is 157 cm³/mol. The van der Waals surface area contributed by atoms with Gasteiger partial charge in [0.05, 0.1) is 6.04 Å². The van der Waals surface area contributed by atoms with Gasteiger partial charge in [-0.1, -0.05) is 63.2 Å². The molecule has 1 saturated heterocycles. The van der Waals surface area contributed by atoms with Gasteiger partial charge in [-0.2, -0.15) is 0 Å². The Labute approximate surface area is 241 Å². The van der Waals surface area contributed by atoms with Crippen LogP contribution in [0.5, 0.6) is 5.75 Å². The van der Waals surface area contributed by atoms with Gasteiger partial charge in [0.2, 0.25) is 23.6 Å². The third-order valence-corrected chi connectivity index (χ3v) is 7.10. The maximum absolute atomic E-state index is 13.5. The van der Waals surface area contributed by atoms with Crippen molar-refractivity contribution in [2.45, 2.75) is 82.8 Å². The van der Waals surface area contributed by atoms with Gasteiger partial charge in [0.25, 0.3) is 0 Å². The normalized spacial score (nSPS) is 20.1. The SMILES string of the molecule is CC(C)(C)c1cc(C[C@@H]2NC(=O)[C@@H](NC(=O)[C@H](N)Cc3ccccc3)CCCCNC(=O)CCNC2=O)ccc1O. The number of nitrogens with one attached hydrogen (secondary N) is 4. The zero-order valence-corrected chi connectivity index (χ0v) is 24.2. The van der Waals surface area contributed by atoms with Gasteiger partial charge in [0, 0.05) is 25.9 Å². The quantitative estimate of drug-likeness (QED) is 0.312. The van der Waals surface area contributed by atoms with Gasteiger partial charge in [0.15, 0.2) is 0 Å². The van der Waals surface area contributed by atoms with Crippen molar-refractivity contribution in [2.75, 3.05) is 13.1 Å². The zero-order valence-electron chi connectivity index (χ0n) is 24.2. The Morgan fingerprint density at radius 1 is 1.00 bits per heavy atom. The van der Waals surface area contributed by atoms with Gasteiger partial charge in [-0.05, 0) is 53.9 Å². The summed E-state index contributed by atoms with van der Waals surface area (Å²) in [6.07, 6.45) is 2.10. The topological polar surface area (TPSA) is 163 Å². The summed E-state index contributed by atoms with van der Waals surface area (Å²) in [4.78, 5) is 51.9. The van der Waals surface area contributed by atoms with E-state index in [0.717, 1.165) is 16.7 Å². The van der Waals surface area contributed by atoms with E-state index in [4.69, 9.17) is 5.73 Å². The number of amides is 4. The maximum Gasteiger partial charge on any atom is 0.243 e. The number of nitrogens with two attached hydrogens (primary N) is 1. The van der Waals surface area contributed by atoms with Crippen LogP contribution in [0.15, 0.2) is 48.5 Å². The highest BCUT2D eigenvalue weighted by Gasteiger charge is 2.29. The summed E-state index contributed by atoms with van der Waals surface area (Å²) < 4.78 is 0. The molecule has 10 heteroatoms. The number of phenolic OH excluding ortho intramolecular Hbond substituents is 1. The molecule has 41 heavy (non-hydrogen) atoms. The van der Waals surface area contributed by atoms with E-state index in [0.29, 0.717) is 32.2 Å². The Bertz CT molecular complexity index is 1210. The first-order valence-electron chi connectivity index (χ1n) is 14.2. The van der Waals surface area contributed by atoms with Crippen molar-refractivity contribution >= 4 is 23.6 Å². The molecular formula is C31H43N5O5. The van der Waals surface area contributed by atoms with Crippen LogP contribution in [-0.2, 0) is 37.4 Å². The van der Waals surface area contributed by atoms with Crippen LogP contribution in [0, 0.1) is 0 Å². The first-order chi connectivity index (χ1) is 19.4. The molecule has 222 valence electrons. The summed E-state index contributed by atoms with van der Waals surface area (Å²) in [7, 11) is 0. The molecule has 0 aliphatic carbocycles. The molecule has 0 aromatic heterocycles. The van der Waals surface area contributed by atoms with Gasteiger partial charge in [-0.3, -0.25) is 19.2 Å². The highest BCUT2D eigenvalue weighted by molar-refractivity contribution is 5.93. The van der Waals surface area contributed by atoms with E-state index >= 15 is 0 Å². The second-order valence-corrected chi connectivity index (χ2v) is 11.6. The zero-order chi connectivity index (χ0) is 30.0. The molecule has 1 heterocycles. The molecule has 1 aliphatic heterocycles. The van der Waals surface area contributed by atoms with Crippen LogP contribution in [0.4, 0.5) is 0 Å². The fraction of sp³-hybridized carbons (Fsp3) is 0.484. The highest BCUT2D eigenvalue weighted by atomic mass is 16.3. The number of aromatic hydroxyl groups is 1. The number of rotatable bonds is 6. The third-order valence-electron chi connectivity index (χ3n) is 7.10. The number of phenols is 1. The molecule has 3 rings (SSSR count). The minimum atomic E-state index is -0.969. The maximum atomic E-state index is 13.5. The second kappa shape index (κ2) is 14.6. The molecule has 0 spiro atoms. The molecule has 0 bridgehead atoms. The molecule has 10 nitrogen and oxygen atoms in total. The Kier molecular flexibility index (Phi) is 11.3. The molecule has 4 amide bonds. The lowest BCUT2D eigenvalue weighted by Gasteiger charge is -2.26. The summed E-state index contributed by atoms with van der Waals surface area (Å²) in [5.74, 6) is -1.41. The van der Waals surface area contributed by atoms with E-state index in [1.54, 1.807) is 12.1 Å². The lowest BCUT2D eigenvalue weighted by atomic mass is 9.84. The Morgan fingerprint density at radius 3 is 2.44 bits per heavy atom. The lowest BCUT2D eigenvalue weighted by Crippen LogP contribution is -2.56. The van der Waals surface area contributed by atoms with Crippen LogP contribution < -0.4 is 27.0 Å². The van der Waals surface area contributed by atoms with Crippen molar-refractivity contribution in [3.63, 3.8) is 0 Å². The predicted octanol–water partition coefficient (Wildman–Crippen LogP) is 1.58. The first kappa shape index (κ1) is 31.6. The molecule has 2 aromatic carbocycles. The number of benzene rings is 2. The van der Waals surface area contributed by atoms with Crippen molar-refractivity contribution in [3.8, 4) is 5.75 Å².